The van der Waals surface area contributed by atoms with E-state index in [0.717, 1.165) is 42.8 Å². The summed E-state index contributed by atoms with van der Waals surface area (Å²) in [5.41, 5.74) is 3.23. The molecule has 4 aliphatic rings. The second kappa shape index (κ2) is 10.5. The van der Waals surface area contributed by atoms with E-state index in [1.54, 1.807) is 37.3 Å². The molecule has 1 spiro atoms. The number of hydrogen-bond acceptors (Lipinski definition) is 6. The van der Waals surface area contributed by atoms with Gasteiger partial charge in [0.1, 0.15) is 5.75 Å². The van der Waals surface area contributed by atoms with Crippen molar-refractivity contribution >= 4 is 39.0 Å². The number of ketones is 1. The number of allylic oxidation sites excluding steroid dienone is 2. The molecule has 1 fully saturated rings. The number of anilines is 1. The number of carbonyl (C=O) groups is 2. The average molecular weight is 583 g/mol. The fourth-order valence-corrected chi connectivity index (χ4v) is 8.02. The molecule has 2 aliphatic carbocycles. The number of fused-ring (bicyclic) bond motifs is 4. The molecule has 2 aromatic rings. The van der Waals surface area contributed by atoms with E-state index < -0.39 is 21.2 Å². The highest BCUT2D eigenvalue weighted by Gasteiger charge is 2.44. The zero-order valence-electron chi connectivity index (χ0n) is 22.7. The zero-order chi connectivity index (χ0) is 28.1. The first-order valence-electron chi connectivity index (χ1n) is 14.2. The summed E-state index contributed by atoms with van der Waals surface area (Å²) in [4.78, 5) is 28.6. The minimum atomic E-state index is -3.88. The van der Waals surface area contributed by atoms with Gasteiger partial charge in [-0.1, -0.05) is 23.7 Å². The van der Waals surface area contributed by atoms with Crippen LogP contribution >= 0.6 is 11.6 Å². The highest BCUT2D eigenvalue weighted by atomic mass is 35.5. The van der Waals surface area contributed by atoms with Crippen LogP contribution in [0.2, 0.25) is 5.02 Å². The molecule has 0 aromatic heterocycles. The normalized spacial score (nSPS) is 30.6. The number of halogens is 1. The lowest BCUT2D eigenvalue weighted by Gasteiger charge is -2.44. The van der Waals surface area contributed by atoms with Crippen LogP contribution in [-0.4, -0.2) is 45.1 Å². The van der Waals surface area contributed by atoms with Gasteiger partial charge in [-0.3, -0.25) is 9.59 Å². The van der Waals surface area contributed by atoms with Crippen molar-refractivity contribution in [2.75, 3.05) is 24.6 Å². The molecule has 0 unspecified atom stereocenters. The number of rotatable bonds is 0. The maximum atomic E-state index is 13.2. The first-order valence-corrected chi connectivity index (χ1v) is 16.1. The number of benzene rings is 2. The summed E-state index contributed by atoms with van der Waals surface area (Å²) in [5, 5.41) is -0.0524. The van der Waals surface area contributed by atoms with Crippen molar-refractivity contribution in [2.45, 2.75) is 62.5 Å². The number of aryl methyl sites for hydroxylation is 1. The minimum absolute atomic E-state index is 0.0576. The van der Waals surface area contributed by atoms with Crippen LogP contribution in [0.25, 0.3) is 0 Å². The third-order valence-corrected chi connectivity index (χ3v) is 11.3. The smallest absolute Gasteiger partial charge is 0.264 e. The topological polar surface area (TPSA) is 92.8 Å². The Morgan fingerprint density at radius 2 is 1.95 bits per heavy atom. The first kappa shape index (κ1) is 27.3. The van der Waals surface area contributed by atoms with Crippen molar-refractivity contribution in [3.63, 3.8) is 0 Å². The summed E-state index contributed by atoms with van der Waals surface area (Å²) in [6.07, 6.45) is 8.92. The Kier molecular flexibility index (Phi) is 7.20. The molecule has 2 bridgehead atoms. The Labute approximate surface area is 241 Å². The van der Waals surface area contributed by atoms with Gasteiger partial charge >= 0.3 is 0 Å². The van der Waals surface area contributed by atoms with E-state index in [1.165, 1.54) is 11.1 Å². The summed E-state index contributed by atoms with van der Waals surface area (Å²) in [5.74, 6) is 0.259. The molecule has 1 amide bonds. The number of nitrogens with zero attached hydrogens (tertiary/aromatic N) is 1. The lowest BCUT2D eigenvalue weighted by molar-refractivity contribution is -0.122. The van der Waals surface area contributed by atoms with E-state index in [9.17, 15) is 18.0 Å². The van der Waals surface area contributed by atoms with Crippen molar-refractivity contribution < 1.29 is 22.7 Å². The van der Waals surface area contributed by atoms with Gasteiger partial charge in [-0.05, 0) is 105 Å². The van der Waals surface area contributed by atoms with E-state index in [4.69, 9.17) is 16.3 Å². The second-order valence-corrected chi connectivity index (χ2v) is 14.4. The number of ether oxygens (including phenoxy) is 1. The van der Waals surface area contributed by atoms with Gasteiger partial charge in [0.2, 0.25) is 10.0 Å². The number of nitrogens with one attached hydrogen (secondary N) is 1. The number of hydrogen-bond donors (Lipinski definition) is 1. The lowest BCUT2D eigenvalue weighted by atomic mass is 9.68. The summed E-state index contributed by atoms with van der Waals surface area (Å²) in [6.45, 7) is 3.39. The Morgan fingerprint density at radius 3 is 2.75 bits per heavy atom. The zero-order valence-corrected chi connectivity index (χ0v) is 24.3. The molecular weight excluding hydrogens is 548 g/mol. The molecule has 1 N–H and O–H groups in total. The summed E-state index contributed by atoms with van der Waals surface area (Å²) in [7, 11) is -3.88. The van der Waals surface area contributed by atoms with Crippen LogP contribution in [0.5, 0.6) is 5.75 Å². The van der Waals surface area contributed by atoms with Crippen LogP contribution < -0.4 is 14.4 Å². The van der Waals surface area contributed by atoms with Crippen molar-refractivity contribution in [1.29, 1.82) is 0 Å². The highest BCUT2D eigenvalue weighted by Crippen LogP contribution is 2.46. The van der Waals surface area contributed by atoms with Gasteiger partial charge in [-0.2, -0.15) is 0 Å². The predicted molar refractivity (Wildman–Crippen MR) is 156 cm³/mol. The van der Waals surface area contributed by atoms with Gasteiger partial charge in [0.15, 0.2) is 5.78 Å². The van der Waals surface area contributed by atoms with Crippen LogP contribution in [0.15, 0.2) is 48.6 Å². The molecule has 2 aliphatic heterocycles. The first-order chi connectivity index (χ1) is 19.1. The van der Waals surface area contributed by atoms with Gasteiger partial charge < -0.3 is 9.64 Å². The highest BCUT2D eigenvalue weighted by molar-refractivity contribution is 7.90. The second-order valence-electron chi connectivity index (χ2n) is 11.9. The molecule has 0 radical (unpaired) electrons. The monoisotopic (exact) mass is 582 g/mol. The van der Waals surface area contributed by atoms with Gasteiger partial charge in [-0.25, -0.2) is 13.1 Å². The van der Waals surface area contributed by atoms with E-state index in [-0.39, 0.29) is 28.6 Å². The lowest BCUT2D eigenvalue weighted by Crippen LogP contribution is -2.49. The summed E-state index contributed by atoms with van der Waals surface area (Å²) >= 11 is 6.36. The molecule has 2 aromatic carbocycles. The van der Waals surface area contributed by atoms with Gasteiger partial charge in [0.25, 0.3) is 5.91 Å². The molecule has 2 heterocycles. The van der Waals surface area contributed by atoms with Crippen molar-refractivity contribution in [3.05, 3.63) is 70.3 Å². The third kappa shape index (κ3) is 5.05. The average Bonchev–Trinajstić information content (AvgIpc) is 3.05. The molecule has 7 nitrogen and oxygen atoms in total. The van der Waals surface area contributed by atoms with Crippen LogP contribution in [0.1, 0.15) is 66.9 Å². The summed E-state index contributed by atoms with van der Waals surface area (Å²) in [6, 6.07) is 11.3. The Balaban J connectivity index is 1.43. The van der Waals surface area contributed by atoms with Crippen molar-refractivity contribution in [3.8, 4) is 5.75 Å². The molecule has 0 saturated heterocycles. The maximum Gasteiger partial charge on any atom is 0.264 e. The fraction of sp³-hybridized carbons (Fsp3) is 0.484. The standard InChI is InChI=1S/C31H35ClN2O5S/c1-20-5-2-3-7-28(35)25-11-8-23(25)17-34-18-31(14-4-6-21-15-24(32)10-12-26(21)31)19-39-29-13-9-22(16-27(29)34)30(36)33-40(20,37)38/h3,7,9-10,12-13,15-16,20,23,25H,2,4-6,8,11,14,17-19H2,1H3,(H,33,36)/b7-3-/t20-,23+,25-,31+/m1/s1. The van der Waals surface area contributed by atoms with Crippen LogP contribution in [0, 0.1) is 11.8 Å². The molecule has 9 heteroatoms. The Morgan fingerprint density at radius 1 is 1.10 bits per heavy atom. The molecule has 212 valence electrons. The number of amides is 1. The number of sulfonamides is 1. The quantitative estimate of drug-likeness (QED) is 0.459. The van der Waals surface area contributed by atoms with Crippen LogP contribution in [0.4, 0.5) is 5.69 Å². The third-order valence-electron chi connectivity index (χ3n) is 9.32. The number of carbonyl (C=O) groups excluding carboxylic acids is 2. The minimum Gasteiger partial charge on any atom is -0.490 e. The molecule has 40 heavy (non-hydrogen) atoms. The van der Waals surface area contributed by atoms with E-state index >= 15 is 0 Å². The van der Waals surface area contributed by atoms with E-state index in [1.807, 2.05) is 6.07 Å². The maximum absolute atomic E-state index is 13.2. The fourth-order valence-electron chi connectivity index (χ4n) is 6.80. The van der Waals surface area contributed by atoms with E-state index in [0.29, 0.717) is 38.3 Å². The van der Waals surface area contributed by atoms with E-state index in [2.05, 4.69) is 21.8 Å². The largest absolute Gasteiger partial charge is 0.490 e. The SMILES string of the molecule is C[C@@H]1CC/C=C\C(=O)[C@@H]2CC[C@H]2CN2C[C@@]3(CCCc4cc(Cl)ccc43)COc3ccc(cc32)C(=O)NS1(=O)=O. The van der Waals surface area contributed by atoms with Crippen molar-refractivity contribution in [2.24, 2.45) is 11.8 Å². The van der Waals surface area contributed by atoms with Gasteiger partial charge in [0.05, 0.1) is 17.5 Å². The molecule has 1 saturated carbocycles. The van der Waals surface area contributed by atoms with Crippen molar-refractivity contribution in [1.82, 2.24) is 4.72 Å². The molecular formula is C31H35ClN2O5S. The molecule has 4 atom stereocenters. The van der Waals surface area contributed by atoms with Gasteiger partial charge in [0, 0.05) is 35.0 Å². The Hall–Kier alpha value is -2.84. The predicted octanol–water partition coefficient (Wildman–Crippen LogP) is 5.21. The van der Waals surface area contributed by atoms with Crippen LogP contribution in [0.3, 0.4) is 0 Å². The molecule has 6 rings (SSSR count). The Bertz CT molecular complexity index is 1490. The van der Waals surface area contributed by atoms with Crippen LogP contribution in [-0.2, 0) is 26.7 Å². The summed E-state index contributed by atoms with van der Waals surface area (Å²) < 4.78 is 34.5. The van der Waals surface area contributed by atoms with Gasteiger partial charge in [-0.15, -0.1) is 0 Å².